The third-order valence-corrected chi connectivity index (χ3v) is 3.75. The lowest BCUT2D eigenvalue weighted by Gasteiger charge is -2.08. The maximum atomic E-state index is 12.6. The molecule has 1 aromatic carbocycles. The van der Waals surface area contributed by atoms with Crippen LogP contribution in [-0.2, 0) is 0 Å². The quantitative estimate of drug-likeness (QED) is 0.410. The molecule has 4 aromatic rings. The van der Waals surface area contributed by atoms with Crippen molar-refractivity contribution in [1.29, 1.82) is 5.26 Å². The van der Waals surface area contributed by atoms with Gasteiger partial charge in [-0.2, -0.15) is 15.3 Å². The van der Waals surface area contributed by atoms with E-state index >= 15 is 0 Å². The number of carbonyl (C=O) groups is 1. The van der Waals surface area contributed by atoms with E-state index in [2.05, 4.69) is 15.1 Å². The van der Waals surface area contributed by atoms with Crippen LogP contribution in [0.2, 0.25) is 0 Å². The van der Waals surface area contributed by atoms with Gasteiger partial charge in [-0.3, -0.25) is 14.6 Å². The van der Waals surface area contributed by atoms with Gasteiger partial charge in [-0.05, 0) is 30.3 Å². The molecule has 0 radical (unpaired) electrons. The lowest BCUT2D eigenvalue weighted by Crippen LogP contribution is -2.16. The molecular weight excluding hydrogens is 318 g/mol. The first-order chi connectivity index (χ1) is 12.2. The third kappa shape index (κ3) is 2.33. The summed E-state index contributed by atoms with van der Waals surface area (Å²) in [7, 11) is 0. The molecule has 0 bridgehead atoms. The Labute approximate surface area is 140 Å². The van der Waals surface area contributed by atoms with E-state index in [0.29, 0.717) is 10.9 Å². The fourth-order valence-electron chi connectivity index (χ4n) is 2.59. The van der Waals surface area contributed by atoms with Crippen molar-refractivity contribution in [3.05, 3.63) is 82.0 Å². The molecule has 0 N–H and O–H groups in total. The van der Waals surface area contributed by atoms with Crippen LogP contribution in [0.5, 0.6) is 0 Å². The SMILES string of the molecule is N#Cc1cc(C(=O)c2ccccn2)nn2c1nc(=O)c1ccccc12. The highest BCUT2D eigenvalue weighted by atomic mass is 16.1. The number of pyridine rings is 1. The van der Waals surface area contributed by atoms with Crippen LogP contribution in [0.4, 0.5) is 0 Å². The highest BCUT2D eigenvalue weighted by Crippen LogP contribution is 2.15. The molecule has 0 aliphatic heterocycles. The van der Waals surface area contributed by atoms with E-state index in [-0.39, 0.29) is 22.6 Å². The molecule has 0 fully saturated rings. The Hall–Kier alpha value is -3.92. The molecular formula is C18H9N5O2. The normalized spacial score (nSPS) is 10.7. The summed E-state index contributed by atoms with van der Waals surface area (Å²) in [5.41, 5.74) is 0.512. The summed E-state index contributed by atoms with van der Waals surface area (Å²) in [6.07, 6.45) is 1.51. The Balaban J connectivity index is 2.07. The van der Waals surface area contributed by atoms with E-state index in [0.717, 1.165) is 0 Å². The second-order valence-electron chi connectivity index (χ2n) is 5.27. The first-order valence-electron chi connectivity index (χ1n) is 7.38. The minimum absolute atomic E-state index is 0.0540. The molecule has 0 amide bonds. The minimum atomic E-state index is -0.447. The number of nitrogens with zero attached hydrogens (tertiary/aromatic N) is 5. The van der Waals surface area contributed by atoms with Crippen LogP contribution < -0.4 is 5.56 Å². The van der Waals surface area contributed by atoms with Crippen molar-refractivity contribution in [2.45, 2.75) is 0 Å². The van der Waals surface area contributed by atoms with Crippen LogP contribution in [0.1, 0.15) is 21.7 Å². The number of fused-ring (bicyclic) bond motifs is 3. The van der Waals surface area contributed by atoms with Crippen molar-refractivity contribution in [2.75, 3.05) is 0 Å². The highest BCUT2D eigenvalue weighted by Gasteiger charge is 2.17. The first kappa shape index (κ1) is 14.7. The predicted octanol–water partition coefficient (Wildman–Crippen LogP) is 1.74. The first-order valence-corrected chi connectivity index (χ1v) is 7.38. The number of benzene rings is 1. The number of hydrogen-bond acceptors (Lipinski definition) is 6. The second kappa shape index (κ2) is 5.62. The summed E-state index contributed by atoms with van der Waals surface area (Å²) >= 11 is 0. The van der Waals surface area contributed by atoms with Crippen molar-refractivity contribution < 1.29 is 4.79 Å². The second-order valence-corrected chi connectivity index (χ2v) is 5.27. The van der Waals surface area contributed by atoms with E-state index in [9.17, 15) is 14.9 Å². The van der Waals surface area contributed by atoms with Gasteiger partial charge in [-0.15, -0.1) is 0 Å². The van der Waals surface area contributed by atoms with Crippen molar-refractivity contribution in [2.24, 2.45) is 0 Å². The number of carbonyl (C=O) groups excluding carboxylic acids is 1. The van der Waals surface area contributed by atoms with Crippen LogP contribution >= 0.6 is 0 Å². The van der Waals surface area contributed by atoms with Gasteiger partial charge in [0.2, 0.25) is 5.78 Å². The Morgan fingerprint density at radius 2 is 1.88 bits per heavy atom. The van der Waals surface area contributed by atoms with Crippen LogP contribution in [0.25, 0.3) is 16.6 Å². The van der Waals surface area contributed by atoms with E-state index in [1.54, 1.807) is 42.5 Å². The predicted molar refractivity (Wildman–Crippen MR) is 89.1 cm³/mol. The summed E-state index contributed by atoms with van der Waals surface area (Å²) in [6.45, 7) is 0. The van der Waals surface area contributed by atoms with Crippen LogP contribution in [0, 0.1) is 11.3 Å². The van der Waals surface area contributed by atoms with Crippen molar-refractivity contribution in [3.63, 3.8) is 0 Å². The van der Waals surface area contributed by atoms with Crippen LogP contribution in [0.3, 0.4) is 0 Å². The van der Waals surface area contributed by atoms with Crippen LogP contribution in [0.15, 0.2) is 59.5 Å². The smallest absolute Gasteiger partial charge is 0.281 e. The zero-order valence-electron chi connectivity index (χ0n) is 12.7. The van der Waals surface area contributed by atoms with Crippen molar-refractivity contribution in [3.8, 4) is 6.07 Å². The van der Waals surface area contributed by atoms with Crippen LogP contribution in [-0.4, -0.2) is 25.4 Å². The van der Waals surface area contributed by atoms with Crippen molar-refractivity contribution in [1.82, 2.24) is 19.6 Å². The molecule has 0 atom stereocenters. The van der Waals surface area contributed by atoms with Gasteiger partial charge in [0.15, 0.2) is 5.65 Å². The monoisotopic (exact) mass is 327 g/mol. The van der Waals surface area contributed by atoms with Gasteiger partial charge in [0.05, 0.1) is 16.5 Å². The van der Waals surface area contributed by atoms with Crippen molar-refractivity contribution >= 4 is 22.3 Å². The van der Waals surface area contributed by atoms with Gasteiger partial charge in [0.1, 0.15) is 17.5 Å². The molecule has 3 heterocycles. The zero-order valence-corrected chi connectivity index (χ0v) is 12.7. The summed E-state index contributed by atoms with van der Waals surface area (Å²) in [5, 5.41) is 14.1. The maximum Gasteiger partial charge on any atom is 0.281 e. The molecule has 0 aliphatic carbocycles. The Bertz CT molecular complexity index is 1240. The molecule has 7 nitrogen and oxygen atoms in total. The summed E-state index contributed by atoms with van der Waals surface area (Å²) in [4.78, 5) is 32.8. The standard InChI is InChI=1S/C18H9N5O2/c19-10-11-9-14(16(24)13-6-3-4-8-20-13)22-23-15-7-2-1-5-12(15)18(25)21-17(11)23/h1-9H. The lowest BCUT2D eigenvalue weighted by atomic mass is 10.1. The van der Waals surface area contributed by atoms with Gasteiger partial charge in [0.25, 0.3) is 5.56 Å². The van der Waals surface area contributed by atoms with Gasteiger partial charge in [-0.25, -0.2) is 4.52 Å². The number of para-hydroxylation sites is 1. The van der Waals surface area contributed by atoms with E-state index in [1.807, 2.05) is 6.07 Å². The average molecular weight is 327 g/mol. The fraction of sp³-hybridized carbons (Fsp3) is 0. The van der Waals surface area contributed by atoms with E-state index in [1.165, 1.54) is 16.8 Å². The Morgan fingerprint density at radius 3 is 2.64 bits per heavy atom. The van der Waals surface area contributed by atoms with Gasteiger partial charge in [0, 0.05) is 6.20 Å². The minimum Gasteiger partial charge on any atom is -0.285 e. The fourth-order valence-corrected chi connectivity index (χ4v) is 2.59. The zero-order chi connectivity index (χ0) is 17.4. The molecule has 0 aliphatic rings. The van der Waals surface area contributed by atoms with Gasteiger partial charge in [-0.1, -0.05) is 18.2 Å². The summed E-state index contributed by atoms with van der Waals surface area (Å²) in [6, 6.07) is 15.0. The number of nitriles is 1. The molecule has 0 unspecified atom stereocenters. The summed E-state index contributed by atoms with van der Waals surface area (Å²) in [5.74, 6) is -0.415. The molecule has 0 spiro atoms. The number of ketones is 1. The average Bonchev–Trinajstić information content (AvgIpc) is 2.68. The number of hydrogen-bond donors (Lipinski definition) is 0. The Kier molecular flexibility index (Phi) is 3.29. The largest absolute Gasteiger partial charge is 0.285 e. The molecule has 0 saturated heterocycles. The highest BCUT2D eigenvalue weighted by molar-refractivity contribution is 6.06. The maximum absolute atomic E-state index is 12.6. The summed E-state index contributed by atoms with van der Waals surface area (Å²) < 4.78 is 1.35. The molecule has 4 rings (SSSR count). The number of aromatic nitrogens is 4. The molecule has 0 saturated carbocycles. The van der Waals surface area contributed by atoms with Gasteiger partial charge >= 0.3 is 0 Å². The topological polar surface area (TPSA) is 101 Å². The molecule has 3 aromatic heterocycles. The van der Waals surface area contributed by atoms with E-state index in [4.69, 9.17) is 0 Å². The van der Waals surface area contributed by atoms with Gasteiger partial charge < -0.3 is 0 Å². The molecule has 118 valence electrons. The Morgan fingerprint density at radius 1 is 1.08 bits per heavy atom. The lowest BCUT2D eigenvalue weighted by molar-refractivity contribution is 0.102. The third-order valence-electron chi connectivity index (χ3n) is 3.75. The number of rotatable bonds is 2. The molecule has 7 heteroatoms. The van der Waals surface area contributed by atoms with E-state index < -0.39 is 11.3 Å². The molecule has 25 heavy (non-hydrogen) atoms.